The maximum Gasteiger partial charge on any atom is 0.406 e. The lowest BCUT2D eigenvalue weighted by molar-refractivity contribution is -0.157. The third-order valence-electron chi connectivity index (χ3n) is 3.07. The van der Waals surface area contributed by atoms with Crippen LogP contribution in [0.4, 0.5) is 13.2 Å². The molecule has 0 N–H and O–H groups in total. The smallest absolute Gasteiger partial charge is 0.406 e. The highest BCUT2D eigenvalue weighted by molar-refractivity contribution is 6.32. The van der Waals surface area contributed by atoms with E-state index in [0.29, 0.717) is 40.2 Å². The number of halogens is 4. The summed E-state index contributed by atoms with van der Waals surface area (Å²) in [6.07, 6.45) is -0.818. The quantitative estimate of drug-likeness (QED) is 0.593. The second-order valence-electron chi connectivity index (χ2n) is 4.98. The largest absolute Gasteiger partial charge is 0.486 e. The average molecular weight is 362 g/mol. The Morgan fingerprint density at radius 1 is 1.33 bits per heavy atom. The zero-order valence-electron chi connectivity index (χ0n) is 12.6. The molecule has 0 fully saturated rings. The predicted molar refractivity (Wildman–Crippen MR) is 84.3 cm³/mol. The van der Waals surface area contributed by atoms with Gasteiger partial charge < -0.3 is 14.4 Å². The van der Waals surface area contributed by atoms with Crippen LogP contribution < -0.4 is 9.47 Å². The molecule has 130 valence electrons. The van der Waals surface area contributed by atoms with E-state index >= 15 is 0 Å². The van der Waals surface area contributed by atoms with E-state index in [0.717, 1.165) is 6.08 Å². The molecule has 0 atom stereocenters. The lowest BCUT2D eigenvalue weighted by Crippen LogP contribution is -2.38. The van der Waals surface area contributed by atoms with Crippen LogP contribution in [0, 0.1) is 0 Å². The van der Waals surface area contributed by atoms with Gasteiger partial charge in [-0.05, 0) is 23.8 Å². The number of fused-ring (bicyclic) bond motifs is 1. The Bertz CT molecular complexity index is 659. The van der Waals surface area contributed by atoms with Crippen LogP contribution in [0.2, 0.25) is 5.02 Å². The SMILES string of the molecule is C=CCN(CC(F)(F)F)C(=O)/C=C/c1cc(Cl)c2c(c1)OCCO2. The Hall–Kier alpha value is -2.15. The molecule has 0 unspecified atom stereocenters. The number of nitrogens with zero attached hydrogens (tertiary/aromatic N) is 1. The molecule has 1 aliphatic heterocycles. The summed E-state index contributed by atoms with van der Waals surface area (Å²) < 4.78 is 48.3. The summed E-state index contributed by atoms with van der Waals surface area (Å²) in [5.74, 6) is 0.0640. The number of carbonyl (C=O) groups is 1. The van der Waals surface area contributed by atoms with Crippen LogP contribution in [0.25, 0.3) is 6.08 Å². The number of hydrogen-bond donors (Lipinski definition) is 0. The van der Waals surface area contributed by atoms with Crippen molar-refractivity contribution in [2.75, 3.05) is 26.3 Å². The zero-order valence-corrected chi connectivity index (χ0v) is 13.4. The van der Waals surface area contributed by atoms with Crippen LogP contribution in [0.1, 0.15) is 5.56 Å². The van der Waals surface area contributed by atoms with Gasteiger partial charge in [0.2, 0.25) is 5.91 Å². The van der Waals surface area contributed by atoms with E-state index in [-0.39, 0.29) is 6.54 Å². The minimum absolute atomic E-state index is 0.204. The fraction of sp³-hybridized carbons (Fsp3) is 0.312. The Kier molecular flexibility index (Phi) is 5.77. The number of ether oxygens (including phenoxy) is 2. The van der Waals surface area contributed by atoms with Gasteiger partial charge >= 0.3 is 6.18 Å². The number of benzene rings is 1. The summed E-state index contributed by atoms with van der Waals surface area (Å²) in [7, 11) is 0. The molecule has 0 spiro atoms. The van der Waals surface area contributed by atoms with Crippen molar-refractivity contribution in [3.05, 3.63) is 41.4 Å². The van der Waals surface area contributed by atoms with E-state index < -0.39 is 18.6 Å². The molecule has 2 rings (SSSR count). The molecule has 1 aliphatic rings. The third kappa shape index (κ3) is 4.92. The highest BCUT2D eigenvalue weighted by Gasteiger charge is 2.31. The number of hydrogen-bond acceptors (Lipinski definition) is 3. The van der Waals surface area contributed by atoms with Crippen LogP contribution in [0.3, 0.4) is 0 Å². The first-order chi connectivity index (χ1) is 11.3. The van der Waals surface area contributed by atoms with Gasteiger partial charge in [0, 0.05) is 12.6 Å². The van der Waals surface area contributed by atoms with Crippen LogP contribution in [0.15, 0.2) is 30.9 Å². The van der Waals surface area contributed by atoms with Gasteiger partial charge in [-0.15, -0.1) is 6.58 Å². The van der Waals surface area contributed by atoms with Crippen LogP contribution in [-0.4, -0.2) is 43.3 Å². The first-order valence-electron chi connectivity index (χ1n) is 7.04. The normalized spacial score (nSPS) is 13.8. The predicted octanol–water partition coefficient (Wildman–Crippen LogP) is 3.70. The van der Waals surface area contributed by atoms with Crippen LogP contribution in [0.5, 0.6) is 11.5 Å². The topological polar surface area (TPSA) is 38.8 Å². The van der Waals surface area contributed by atoms with Gasteiger partial charge in [-0.1, -0.05) is 17.7 Å². The maximum atomic E-state index is 12.5. The summed E-state index contributed by atoms with van der Waals surface area (Å²) in [6.45, 7) is 2.56. The van der Waals surface area contributed by atoms with E-state index in [1.807, 2.05) is 0 Å². The summed E-state index contributed by atoms with van der Waals surface area (Å²) in [5.41, 5.74) is 0.517. The minimum atomic E-state index is -4.48. The van der Waals surface area contributed by atoms with E-state index in [1.54, 1.807) is 12.1 Å². The molecule has 8 heteroatoms. The summed E-state index contributed by atoms with van der Waals surface area (Å²) >= 11 is 6.07. The molecule has 24 heavy (non-hydrogen) atoms. The summed E-state index contributed by atoms with van der Waals surface area (Å²) in [4.78, 5) is 12.6. The van der Waals surface area contributed by atoms with Crippen LogP contribution in [-0.2, 0) is 4.79 Å². The van der Waals surface area contributed by atoms with Crippen LogP contribution >= 0.6 is 11.6 Å². The third-order valence-corrected chi connectivity index (χ3v) is 3.35. The van der Waals surface area contributed by atoms with Gasteiger partial charge in [-0.3, -0.25) is 4.79 Å². The summed E-state index contributed by atoms with van der Waals surface area (Å²) in [6, 6.07) is 3.15. The molecular formula is C16H15ClF3NO3. The van der Waals surface area contributed by atoms with E-state index in [4.69, 9.17) is 21.1 Å². The molecule has 1 aromatic rings. The maximum absolute atomic E-state index is 12.5. The van der Waals surface area contributed by atoms with E-state index in [2.05, 4.69) is 6.58 Å². The van der Waals surface area contributed by atoms with Crippen molar-refractivity contribution in [3.63, 3.8) is 0 Å². The molecule has 1 heterocycles. The van der Waals surface area contributed by atoms with Gasteiger partial charge in [0.1, 0.15) is 19.8 Å². The van der Waals surface area contributed by atoms with Crippen molar-refractivity contribution in [1.29, 1.82) is 0 Å². The number of carbonyl (C=O) groups excluding carboxylic acids is 1. The molecule has 0 bridgehead atoms. The van der Waals surface area contributed by atoms with Crippen molar-refractivity contribution in [2.45, 2.75) is 6.18 Å². The molecule has 0 aromatic heterocycles. The highest BCUT2D eigenvalue weighted by Crippen LogP contribution is 2.38. The molecule has 0 saturated heterocycles. The number of alkyl halides is 3. The highest BCUT2D eigenvalue weighted by atomic mass is 35.5. The monoisotopic (exact) mass is 361 g/mol. The molecule has 4 nitrogen and oxygen atoms in total. The minimum Gasteiger partial charge on any atom is -0.486 e. The van der Waals surface area contributed by atoms with E-state index in [1.165, 1.54) is 12.2 Å². The molecule has 1 aromatic carbocycles. The van der Waals surface area contributed by atoms with Crippen molar-refractivity contribution in [1.82, 2.24) is 4.90 Å². The lowest BCUT2D eigenvalue weighted by atomic mass is 10.1. The molecular weight excluding hydrogens is 347 g/mol. The van der Waals surface area contributed by atoms with E-state index in [9.17, 15) is 18.0 Å². The van der Waals surface area contributed by atoms with Crippen molar-refractivity contribution in [3.8, 4) is 11.5 Å². The van der Waals surface area contributed by atoms with Crippen molar-refractivity contribution < 1.29 is 27.4 Å². The number of amides is 1. The Balaban J connectivity index is 2.15. The van der Waals surface area contributed by atoms with Gasteiger partial charge in [0.05, 0.1) is 5.02 Å². The summed E-state index contributed by atoms with van der Waals surface area (Å²) in [5, 5.41) is 0.303. The Labute approximate surface area is 142 Å². The Morgan fingerprint density at radius 2 is 2.04 bits per heavy atom. The fourth-order valence-electron chi connectivity index (χ4n) is 2.10. The fourth-order valence-corrected chi connectivity index (χ4v) is 2.38. The first kappa shape index (κ1) is 18.2. The van der Waals surface area contributed by atoms with Crippen molar-refractivity contribution >= 4 is 23.6 Å². The second kappa shape index (κ2) is 7.61. The average Bonchev–Trinajstić information content (AvgIpc) is 2.51. The van der Waals surface area contributed by atoms with Gasteiger partial charge in [-0.2, -0.15) is 13.2 Å². The first-order valence-corrected chi connectivity index (χ1v) is 7.42. The lowest BCUT2D eigenvalue weighted by Gasteiger charge is -2.21. The zero-order chi connectivity index (χ0) is 17.7. The molecule has 0 aliphatic carbocycles. The van der Waals surface area contributed by atoms with Gasteiger partial charge in [0.25, 0.3) is 0 Å². The van der Waals surface area contributed by atoms with Gasteiger partial charge in [0.15, 0.2) is 11.5 Å². The standard InChI is InChI=1S/C16H15ClF3NO3/c1-2-5-21(10-16(18,19)20)14(22)4-3-11-8-12(17)15-13(9-11)23-6-7-24-15/h2-4,8-9H,1,5-7,10H2/b4-3+. The number of rotatable bonds is 5. The molecule has 0 radical (unpaired) electrons. The molecule has 0 saturated carbocycles. The second-order valence-corrected chi connectivity index (χ2v) is 5.39. The van der Waals surface area contributed by atoms with Gasteiger partial charge in [-0.25, -0.2) is 0 Å². The van der Waals surface area contributed by atoms with Crippen molar-refractivity contribution in [2.24, 2.45) is 0 Å². The molecule has 1 amide bonds. The Morgan fingerprint density at radius 3 is 2.71 bits per heavy atom.